The van der Waals surface area contributed by atoms with Gasteiger partial charge < -0.3 is 26.3 Å². The van der Waals surface area contributed by atoms with Crippen molar-refractivity contribution in [3.63, 3.8) is 0 Å². The summed E-state index contributed by atoms with van der Waals surface area (Å²) < 4.78 is 5.27. The van der Waals surface area contributed by atoms with Crippen LogP contribution >= 0.6 is 0 Å². The van der Waals surface area contributed by atoms with Crippen molar-refractivity contribution in [1.82, 2.24) is 5.32 Å². The molecule has 0 aromatic heterocycles. The Bertz CT molecular complexity index is 448. The molecule has 5 N–H and O–H groups in total. The van der Waals surface area contributed by atoms with Crippen LogP contribution in [0.4, 0.5) is 10.5 Å². The summed E-state index contributed by atoms with van der Waals surface area (Å²) in [5, 5.41) is 16.6. The van der Waals surface area contributed by atoms with Gasteiger partial charge in [-0.2, -0.15) is 0 Å². The second kappa shape index (κ2) is 7.80. The van der Waals surface area contributed by atoms with Crippen LogP contribution in [-0.4, -0.2) is 30.2 Å². The molecule has 0 aliphatic carbocycles. The van der Waals surface area contributed by atoms with E-state index in [1.54, 1.807) is 24.3 Å². The minimum atomic E-state index is -0.268. The van der Waals surface area contributed by atoms with E-state index in [9.17, 15) is 4.79 Å². The predicted octanol–water partition coefficient (Wildman–Crippen LogP) is 1.34. The summed E-state index contributed by atoms with van der Waals surface area (Å²) in [6, 6.07) is 6.56. The number of hydrogen-bond donors (Lipinski definition) is 4. The SMILES string of the molecule is CCCNC(=O)Nc1cccc(OC/C(N)=N/O)c1. The van der Waals surface area contributed by atoms with Gasteiger partial charge in [0.25, 0.3) is 0 Å². The zero-order valence-corrected chi connectivity index (χ0v) is 10.7. The third-order valence-corrected chi connectivity index (χ3v) is 2.14. The number of carbonyl (C=O) groups is 1. The highest BCUT2D eigenvalue weighted by atomic mass is 16.5. The van der Waals surface area contributed by atoms with Gasteiger partial charge in [0, 0.05) is 18.3 Å². The number of benzene rings is 1. The fourth-order valence-electron chi connectivity index (χ4n) is 1.26. The maximum Gasteiger partial charge on any atom is 0.319 e. The Morgan fingerprint density at radius 3 is 3.00 bits per heavy atom. The molecule has 0 radical (unpaired) electrons. The summed E-state index contributed by atoms with van der Waals surface area (Å²) in [5.74, 6) is 0.485. The van der Waals surface area contributed by atoms with Gasteiger partial charge in [0.05, 0.1) is 0 Å². The highest BCUT2D eigenvalue weighted by Crippen LogP contribution is 2.17. The first-order valence-corrected chi connectivity index (χ1v) is 5.89. The van der Waals surface area contributed by atoms with E-state index in [0.29, 0.717) is 18.0 Å². The van der Waals surface area contributed by atoms with Gasteiger partial charge in [-0.05, 0) is 18.6 Å². The highest BCUT2D eigenvalue weighted by Gasteiger charge is 2.02. The lowest BCUT2D eigenvalue weighted by Crippen LogP contribution is -2.29. The molecule has 0 saturated heterocycles. The number of hydrogen-bond acceptors (Lipinski definition) is 4. The minimum absolute atomic E-state index is 0.0258. The normalized spacial score (nSPS) is 10.9. The molecule has 0 aliphatic heterocycles. The Balaban J connectivity index is 2.54. The van der Waals surface area contributed by atoms with Crippen molar-refractivity contribution in [3.05, 3.63) is 24.3 Å². The monoisotopic (exact) mass is 266 g/mol. The number of urea groups is 1. The molecular formula is C12H18N4O3. The van der Waals surface area contributed by atoms with Gasteiger partial charge in [-0.1, -0.05) is 18.1 Å². The van der Waals surface area contributed by atoms with Crippen LogP contribution in [0.1, 0.15) is 13.3 Å². The number of nitrogens with one attached hydrogen (secondary N) is 2. The van der Waals surface area contributed by atoms with E-state index in [1.807, 2.05) is 6.92 Å². The van der Waals surface area contributed by atoms with E-state index in [2.05, 4.69) is 15.8 Å². The molecule has 1 aromatic rings. The van der Waals surface area contributed by atoms with Crippen molar-refractivity contribution in [1.29, 1.82) is 0 Å². The van der Waals surface area contributed by atoms with E-state index in [1.165, 1.54) is 0 Å². The molecule has 7 heteroatoms. The van der Waals surface area contributed by atoms with Crippen molar-refractivity contribution in [3.8, 4) is 5.75 Å². The van der Waals surface area contributed by atoms with E-state index >= 15 is 0 Å². The van der Waals surface area contributed by atoms with Gasteiger partial charge in [0.2, 0.25) is 0 Å². The molecule has 2 amide bonds. The summed E-state index contributed by atoms with van der Waals surface area (Å²) in [5.41, 5.74) is 5.89. The minimum Gasteiger partial charge on any atom is -0.485 e. The van der Waals surface area contributed by atoms with Gasteiger partial charge in [0.15, 0.2) is 5.84 Å². The van der Waals surface area contributed by atoms with Gasteiger partial charge in [0.1, 0.15) is 12.4 Å². The smallest absolute Gasteiger partial charge is 0.319 e. The average molecular weight is 266 g/mol. The van der Waals surface area contributed by atoms with Crippen LogP contribution in [0.2, 0.25) is 0 Å². The van der Waals surface area contributed by atoms with E-state index in [4.69, 9.17) is 15.7 Å². The fraction of sp³-hybridized carbons (Fsp3) is 0.333. The van der Waals surface area contributed by atoms with Crippen LogP contribution in [-0.2, 0) is 0 Å². The molecule has 1 aromatic carbocycles. The predicted molar refractivity (Wildman–Crippen MR) is 72.7 cm³/mol. The van der Waals surface area contributed by atoms with Crippen LogP contribution in [0.5, 0.6) is 5.75 Å². The zero-order valence-electron chi connectivity index (χ0n) is 10.7. The van der Waals surface area contributed by atoms with Crippen molar-refractivity contribution < 1.29 is 14.7 Å². The van der Waals surface area contributed by atoms with Crippen LogP contribution in [0.25, 0.3) is 0 Å². The van der Waals surface area contributed by atoms with E-state index in [0.717, 1.165) is 6.42 Å². The maximum absolute atomic E-state index is 11.5. The lowest BCUT2D eigenvalue weighted by atomic mass is 10.3. The lowest BCUT2D eigenvalue weighted by Gasteiger charge is -2.09. The molecule has 0 bridgehead atoms. The molecule has 0 heterocycles. The van der Waals surface area contributed by atoms with Crippen LogP contribution in [0.3, 0.4) is 0 Å². The summed E-state index contributed by atoms with van der Waals surface area (Å²) >= 11 is 0. The molecule has 0 saturated carbocycles. The molecule has 0 atom stereocenters. The van der Waals surface area contributed by atoms with Gasteiger partial charge in [-0.3, -0.25) is 0 Å². The summed E-state index contributed by atoms with van der Waals surface area (Å²) in [4.78, 5) is 11.5. The first-order chi connectivity index (χ1) is 9.15. The second-order valence-corrected chi connectivity index (χ2v) is 3.79. The number of amides is 2. The quantitative estimate of drug-likeness (QED) is 0.269. The molecule has 0 spiro atoms. The van der Waals surface area contributed by atoms with Crippen molar-refractivity contribution >= 4 is 17.6 Å². The highest BCUT2D eigenvalue weighted by molar-refractivity contribution is 5.89. The number of rotatable bonds is 6. The zero-order chi connectivity index (χ0) is 14.1. The Morgan fingerprint density at radius 1 is 1.53 bits per heavy atom. The molecular weight excluding hydrogens is 248 g/mol. The first-order valence-electron chi connectivity index (χ1n) is 5.89. The van der Waals surface area contributed by atoms with Gasteiger partial charge in [-0.25, -0.2) is 4.79 Å². The molecule has 0 aliphatic rings. The molecule has 104 valence electrons. The van der Waals surface area contributed by atoms with Crippen molar-refractivity contribution in [2.24, 2.45) is 10.9 Å². The molecule has 1 rings (SSSR count). The first kappa shape index (κ1) is 14.6. The third-order valence-electron chi connectivity index (χ3n) is 2.14. The largest absolute Gasteiger partial charge is 0.485 e. The van der Waals surface area contributed by atoms with Crippen LogP contribution in [0.15, 0.2) is 29.4 Å². The van der Waals surface area contributed by atoms with E-state index in [-0.39, 0.29) is 18.5 Å². The molecule has 7 nitrogen and oxygen atoms in total. The summed E-state index contributed by atoms with van der Waals surface area (Å²) in [7, 11) is 0. The number of nitrogens with zero attached hydrogens (tertiary/aromatic N) is 1. The standard InChI is InChI=1S/C12H18N4O3/c1-2-6-14-12(17)15-9-4-3-5-10(7-9)19-8-11(13)16-18/h3-5,7,18H,2,6,8H2,1H3,(H2,13,16)(H2,14,15,17). The maximum atomic E-state index is 11.5. The lowest BCUT2D eigenvalue weighted by molar-refractivity contribution is 0.252. The molecule has 19 heavy (non-hydrogen) atoms. The number of nitrogens with two attached hydrogens (primary N) is 1. The van der Waals surface area contributed by atoms with Crippen molar-refractivity contribution in [2.75, 3.05) is 18.5 Å². The Hall–Kier alpha value is -2.44. The third kappa shape index (κ3) is 5.62. The Morgan fingerprint density at radius 2 is 2.32 bits per heavy atom. The molecule has 0 unspecified atom stereocenters. The Labute approximate surface area is 111 Å². The topological polar surface area (TPSA) is 109 Å². The number of ether oxygens (including phenoxy) is 1. The summed E-state index contributed by atoms with van der Waals surface area (Å²) in [6.45, 7) is 2.56. The fourth-order valence-corrected chi connectivity index (χ4v) is 1.26. The second-order valence-electron chi connectivity index (χ2n) is 3.79. The van der Waals surface area contributed by atoms with Gasteiger partial charge in [-0.15, -0.1) is 0 Å². The summed E-state index contributed by atoms with van der Waals surface area (Å²) in [6.07, 6.45) is 0.871. The number of carbonyl (C=O) groups excluding carboxylic acids is 1. The van der Waals surface area contributed by atoms with Crippen LogP contribution in [0, 0.1) is 0 Å². The van der Waals surface area contributed by atoms with E-state index < -0.39 is 0 Å². The van der Waals surface area contributed by atoms with Crippen molar-refractivity contribution in [2.45, 2.75) is 13.3 Å². The van der Waals surface area contributed by atoms with Gasteiger partial charge >= 0.3 is 6.03 Å². The van der Waals surface area contributed by atoms with Crippen LogP contribution < -0.4 is 21.1 Å². The Kier molecular flexibility index (Phi) is 6.00. The number of amidine groups is 1. The number of oxime groups is 1. The number of anilines is 1. The molecule has 0 fully saturated rings. The average Bonchev–Trinajstić information content (AvgIpc) is 2.43.